The number of rotatable bonds is 5. The first-order valence-electron chi connectivity index (χ1n) is 7.83. The van der Waals surface area contributed by atoms with E-state index in [0.717, 1.165) is 12.1 Å². The van der Waals surface area contributed by atoms with Crippen molar-refractivity contribution in [3.8, 4) is 0 Å². The van der Waals surface area contributed by atoms with Gasteiger partial charge >= 0.3 is 0 Å². The molecule has 2 rings (SSSR count). The lowest BCUT2D eigenvalue weighted by molar-refractivity contribution is 0.0366. The molecule has 2 aliphatic rings. The van der Waals surface area contributed by atoms with E-state index in [9.17, 15) is 0 Å². The number of likely N-dealkylation sites (N-methyl/N-ethyl adjacent to an activating group) is 1. The van der Waals surface area contributed by atoms with E-state index in [2.05, 4.69) is 17.1 Å². The van der Waals surface area contributed by atoms with E-state index in [1.54, 1.807) is 0 Å². The van der Waals surface area contributed by atoms with E-state index in [1.807, 2.05) is 7.11 Å². The summed E-state index contributed by atoms with van der Waals surface area (Å²) in [6.07, 6.45) is 9.79. The largest absolute Gasteiger partial charge is 0.381 e. The van der Waals surface area contributed by atoms with Crippen LogP contribution in [0.5, 0.6) is 0 Å². The van der Waals surface area contributed by atoms with Crippen LogP contribution in [0.15, 0.2) is 0 Å². The Hall–Kier alpha value is -0.120. The zero-order chi connectivity index (χ0) is 12.8. The third-order valence-corrected chi connectivity index (χ3v) is 4.77. The minimum Gasteiger partial charge on any atom is -0.381 e. The molecule has 0 amide bonds. The Kier molecular flexibility index (Phi) is 5.93. The van der Waals surface area contributed by atoms with Crippen LogP contribution in [0.4, 0.5) is 0 Å². The van der Waals surface area contributed by atoms with Crippen LogP contribution in [-0.2, 0) is 4.74 Å². The topological polar surface area (TPSA) is 24.5 Å². The van der Waals surface area contributed by atoms with Crippen molar-refractivity contribution < 1.29 is 4.74 Å². The third-order valence-electron chi connectivity index (χ3n) is 4.77. The molecule has 1 saturated heterocycles. The molecule has 1 heterocycles. The van der Waals surface area contributed by atoms with Crippen molar-refractivity contribution in [1.82, 2.24) is 10.2 Å². The molecule has 0 bridgehead atoms. The average molecular weight is 254 g/mol. The van der Waals surface area contributed by atoms with Crippen LogP contribution in [0.2, 0.25) is 0 Å². The van der Waals surface area contributed by atoms with Gasteiger partial charge in [0.25, 0.3) is 0 Å². The predicted octanol–water partition coefficient (Wildman–Crippen LogP) is 2.41. The lowest BCUT2D eigenvalue weighted by Gasteiger charge is -2.38. The molecule has 0 aromatic carbocycles. The maximum atomic E-state index is 5.47. The summed E-state index contributed by atoms with van der Waals surface area (Å²) in [7, 11) is 1.86. The minimum atomic E-state index is 0.521. The third kappa shape index (κ3) is 3.94. The minimum absolute atomic E-state index is 0.521. The monoisotopic (exact) mass is 254 g/mol. The van der Waals surface area contributed by atoms with Crippen LogP contribution in [0.1, 0.15) is 51.9 Å². The molecule has 1 atom stereocenters. The van der Waals surface area contributed by atoms with Gasteiger partial charge in [0.1, 0.15) is 0 Å². The summed E-state index contributed by atoms with van der Waals surface area (Å²) in [5.41, 5.74) is 0. The normalized spacial score (nSPS) is 33.8. The Bertz CT molecular complexity index is 221. The number of methoxy groups -OCH3 is 1. The van der Waals surface area contributed by atoms with Gasteiger partial charge in [-0.15, -0.1) is 0 Å². The second-order valence-electron chi connectivity index (χ2n) is 5.90. The molecular formula is C15H30N2O. The van der Waals surface area contributed by atoms with Crippen molar-refractivity contribution in [2.45, 2.75) is 70.1 Å². The zero-order valence-electron chi connectivity index (χ0n) is 12.2. The molecule has 1 aliphatic heterocycles. The first-order chi connectivity index (χ1) is 8.83. The number of nitrogens with zero attached hydrogens (tertiary/aromatic N) is 1. The van der Waals surface area contributed by atoms with Crippen LogP contribution in [0, 0.1) is 0 Å². The highest BCUT2D eigenvalue weighted by Gasteiger charge is 2.26. The second kappa shape index (κ2) is 7.46. The van der Waals surface area contributed by atoms with Gasteiger partial charge in [-0.2, -0.15) is 0 Å². The zero-order valence-corrected chi connectivity index (χ0v) is 12.2. The number of ether oxygens (including phenoxy) is 1. The Labute approximate surface area is 112 Å². The van der Waals surface area contributed by atoms with Gasteiger partial charge in [-0.3, -0.25) is 4.90 Å². The smallest absolute Gasteiger partial charge is 0.0572 e. The van der Waals surface area contributed by atoms with Crippen molar-refractivity contribution in [2.75, 3.05) is 26.7 Å². The molecule has 1 aliphatic carbocycles. The second-order valence-corrected chi connectivity index (χ2v) is 5.90. The van der Waals surface area contributed by atoms with Crippen molar-refractivity contribution in [3.63, 3.8) is 0 Å². The first-order valence-corrected chi connectivity index (χ1v) is 7.83. The van der Waals surface area contributed by atoms with Gasteiger partial charge in [0, 0.05) is 25.7 Å². The number of hydrogen-bond donors (Lipinski definition) is 1. The Morgan fingerprint density at radius 2 is 1.89 bits per heavy atom. The molecule has 0 aromatic rings. The molecule has 1 N–H and O–H groups in total. The van der Waals surface area contributed by atoms with Gasteiger partial charge < -0.3 is 10.1 Å². The highest BCUT2D eigenvalue weighted by molar-refractivity contribution is 4.83. The van der Waals surface area contributed by atoms with Crippen molar-refractivity contribution in [2.24, 2.45) is 0 Å². The maximum absolute atomic E-state index is 5.47. The van der Waals surface area contributed by atoms with Gasteiger partial charge in [0.05, 0.1) is 6.10 Å². The van der Waals surface area contributed by atoms with E-state index in [0.29, 0.717) is 6.10 Å². The first kappa shape index (κ1) is 14.3. The highest BCUT2D eigenvalue weighted by atomic mass is 16.5. The van der Waals surface area contributed by atoms with E-state index < -0.39 is 0 Å². The molecule has 3 nitrogen and oxygen atoms in total. The Balaban J connectivity index is 1.77. The molecule has 1 unspecified atom stereocenters. The van der Waals surface area contributed by atoms with E-state index >= 15 is 0 Å². The Morgan fingerprint density at radius 1 is 1.11 bits per heavy atom. The molecule has 1 saturated carbocycles. The number of hydrogen-bond acceptors (Lipinski definition) is 3. The SMILES string of the molecule is CCN(CC1CCCCN1)C1CCC(OC)CC1. The molecule has 0 aromatic heterocycles. The molecule has 3 heteroatoms. The van der Waals surface area contributed by atoms with Crippen molar-refractivity contribution in [1.29, 1.82) is 0 Å². The maximum Gasteiger partial charge on any atom is 0.0572 e. The average Bonchev–Trinajstić information content (AvgIpc) is 2.46. The predicted molar refractivity (Wildman–Crippen MR) is 75.9 cm³/mol. The van der Waals surface area contributed by atoms with E-state index in [-0.39, 0.29) is 0 Å². The number of nitrogens with one attached hydrogen (secondary N) is 1. The lowest BCUT2D eigenvalue weighted by atomic mass is 9.91. The van der Waals surface area contributed by atoms with Crippen LogP contribution in [0.25, 0.3) is 0 Å². The summed E-state index contributed by atoms with van der Waals surface area (Å²) < 4.78 is 5.47. The van der Waals surface area contributed by atoms with Crippen molar-refractivity contribution >= 4 is 0 Å². The van der Waals surface area contributed by atoms with E-state index in [1.165, 1.54) is 64.6 Å². The standard InChI is InChI=1S/C15H30N2O/c1-3-17(12-13-6-4-5-11-16-13)14-7-9-15(18-2)10-8-14/h13-16H,3-12H2,1-2H3. The fraction of sp³-hybridized carbons (Fsp3) is 1.00. The number of piperidine rings is 1. The van der Waals surface area contributed by atoms with Gasteiger partial charge in [-0.05, 0) is 51.6 Å². The van der Waals surface area contributed by atoms with Crippen LogP contribution >= 0.6 is 0 Å². The highest BCUT2D eigenvalue weighted by Crippen LogP contribution is 2.25. The molecule has 106 valence electrons. The Morgan fingerprint density at radius 3 is 2.44 bits per heavy atom. The fourth-order valence-electron chi connectivity index (χ4n) is 3.55. The summed E-state index contributed by atoms with van der Waals surface area (Å²) in [4.78, 5) is 2.70. The van der Waals surface area contributed by atoms with Gasteiger partial charge in [-0.1, -0.05) is 13.3 Å². The molecular weight excluding hydrogens is 224 g/mol. The summed E-state index contributed by atoms with van der Waals surface area (Å²) in [5, 5.41) is 3.68. The van der Waals surface area contributed by atoms with Gasteiger partial charge in [0.2, 0.25) is 0 Å². The summed E-state index contributed by atoms with van der Waals surface area (Å²) >= 11 is 0. The lowest BCUT2D eigenvalue weighted by Crippen LogP contribution is -2.48. The molecule has 0 radical (unpaired) electrons. The van der Waals surface area contributed by atoms with Crippen LogP contribution in [-0.4, -0.2) is 49.8 Å². The molecule has 0 spiro atoms. The molecule has 18 heavy (non-hydrogen) atoms. The summed E-state index contributed by atoms with van der Waals surface area (Å²) in [5.74, 6) is 0. The quantitative estimate of drug-likeness (QED) is 0.815. The van der Waals surface area contributed by atoms with Gasteiger partial charge in [0.15, 0.2) is 0 Å². The van der Waals surface area contributed by atoms with Crippen molar-refractivity contribution in [3.05, 3.63) is 0 Å². The summed E-state index contributed by atoms with van der Waals surface area (Å²) in [6, 6.07) is 1.53. The van der Waals surface area contributed by atoms with Gasteiger partial charge in [-0.25, -0.2) is 0 Å². The van der Waals surface area contributed by atoms with E-state index in [4.69, 9.17) is 4.74 Å². The molecule has 2 fully saturated rings. The summed E-state index contributed by atoms with van der Waals surface area (Å²) in [6.45, 7) is 5.98. The fourth-order valence-corrected chi connectivity index (χ4v) is 3.55. The van der Waals surface area contributed by atoms with Crippen LogP contribution < -0.4 is 5.32 Å². The van der Waals surface area contributed by atoms with Crippen LogP contribution in [0.3, 0.4) is 0 Å².